The second kappa shape index (κ2) is 5.72. The predicted molar refractivity (Wildman–Crippen MR) is 46.3 cm³/mol. The highest BCUT2D eigenvalue weighted by molar-refractivity contribution is 7.52. The van der Waals surface area contributed by atoms with Crippen molar-refractivity contribution < 1.29 is 9.05 Å². The smallest absolute Gasteiger partial charge is 0.281 e. The third-order valence-electron chi connectivity index (χ3n) is 0.974. The first-order valence-electron chi connectivity index (χ1n) is 3.84. The highest BCUT2D eigenvalue weighted by Crippen LogP contribution is 2.39. The summed E-state index contributed by atoms with van der Waals surface area (Å²) in [5.41, 5.74) is 5.42. The fraction of sp³-hybridized carbons (Fsp3) is 1.00. The summed E-state index contributed by atoms with van der Waals surface area (Å²) in [5.74, 6) is 0. The van der Waals surface area contributed by atoms with Crippen LogP contribution in [-0.2, 0) is 9.05 Å². The van der Waals surface area contributed by atoms with Gasteiger partial charge in [-0.1, -0.05) is 13.8 Å². The van der Waals surface area contributed by atoms with E-state index in [1.807, 2.05) is 13.8 Å². The van der Waals surface area contributed by atoms with E-state index < -0.39 is 7.66 Å². The van der Waals surface area contributed by atoms with Gasteiger partial charge in [0.1, 0.15) is 0 Å². The first kappa shape index (κ1) is 11.1. The number of rotatable bonds is 6. The molecular formula is C6H17N2O2P. The van der Waals surface area contributed by atoms with Crippen molar-refractivity contribution in [3.63, 3.8) is 0 Å². The van der Waals surface area contributed by atoms with Crippen molar-refractivity contribution >= 4 is 7.66 Å². The molecule has 0 rings (SSSR count). The fourth-order valence-corrected chi connectivity index (χ4v) is 1.47. The normalized spacial score (nSPS) is 11.9. The number of hydrogen-bond acceptors (Lipinski definition) is 3. The molecule has 0 aliphatic heterocycles. The van der Waals surface area contributed by atoms with Gasteiger partial charge >= 0.3 is 0 Å². The summed E-state index contributed by atoms with van der Waals surface area (Å²) >= 11 is 0. The summed E-state index contributed by atoms with van der Waals surface area (Å²) in [6.07, 6.45) is 1.74. The molecule has 0 aliphatic carbocycles. The van der Waals surface area contributed by atoms with Crippen LogP contribution in [0.15, 0.2) is 0 Å². The van der Waals surface area contributed by atoms with Crippen LogP contribution in [0.5, 0.6) is 0 Å². The van der Waals surface area contributed by atoms with Crippen LogP contribution in [0.3, 0.4) is 0 Å². The van der Waals surface area contributed by atoms with Crippen molar-refractivity contribution in [2.75, 3.05) is 13.2 Å². The molecule has 0 radical (unpaired) electrons. The van der Waals surface area contributed by atoms with E-state index in [9.17, 15) is 0 Å². The van der Waals surface area contributed by atoms with E-state index in [1.165, 1.54) is 0 Å². The Balaban J connectivity index is 3.53. The van der Waals surface area contributed by atoms with Crippen LogP contribution >= 0.6 is 7.66 Å². The van der Waals surface area contributed by atoms with Crippen LogP contribution < -0.4 is 5.50 Å². The Morgan fingerprint density at radius 1 is 1.18 bits per heavy atom. The standard InChI is InChI=1S/C6H17N2O2P/c1-3-5-9-11(7,8)10-6-4-2/h3-6H2,1-2H3,(H3,7,8). The van der Waals surface area contributed by atoms with Crippen molar-refractivity contribution in [3.05, 3.63) is 0 Å². The zero-order chi connectivity index (χ0) is 8.74. The first-order chi connectivity index (χ1) is 5.12. The maximum Gasteiger partial charge on any atom is 0.281 e. The van der Waals surface area contributed by atoms with E-state index in [-0.39, 0.29) is 0 Å². The molecule has 0 aromatic rings. The molecule has 0 atom stereocenters. The Labute approximate surface area is 68.1 Å². The van der Waals surface area contributed by atoms with Crippen LogP contribution in [0, 0.1) is 5.16 Å². The molecule has 0 aromatic heterocycles. The van der Waals surface area contributed by atoms with E-state index in [2.05, 4.69) is 0 Å². The van der Waals surface area contributed by atoms with Crippen LogP contribution in [0.2, 0.25) is 0 Å². The summed E-state index contributed by atoms with van der Waals surface area (Å²) in [6, 6.07) is 0. The Morgan fingerprint density at radius 3 is 1.82 bits per heavy atom. The summed E-state index contributed by atoms with van der Waals surface area (Å²) < 4.78 is 10.0. The molecule has 5 heteroatoms. The molecule has 0 aromatic carbocycles. The lowest BCUT2D eigenvalue weighted by atomic mass is 10.5. The Kier molecular flexibility index (Phi) is 5.78. The van der Waals surface area contributed by atoms with E-state index in [0.29, 0.717) is 13.2 Å². The predicted octanol–water partition coefficient (Wildman–Crippen LogP) is 2.32. The van der Waals surface area contributed by atoms with Crippen molar-refractivity contribution in [2.45, 2.75) is 26.7 Å². The monoisotopic (exact) mass is 180 g/mol. The van der Waals surface area contributed by atoms with Crippen LogP contribution in [0.25, 0.3) is 0 Å². The lowest BCUT2D eigenvalue weighted by Gasteiger charge is -2.15. The quantitative estimate of drug-likeness (QED) is 0.616. The molecule has 0 amide bonds. The third-order valence-corrected chi connectivity index (χ3v) is 2.11. The van der Waals surface area contributed by atoms with Gasteiger partial charge in [0.05, 0.1) is 13.2 Å². The second-order valence-electron chi connectivity index (χ2n) is 2.26. The Morgan fingerprint density at radius 2 is 1.55 bits per heavy atom. The average molecular weight is 180 g/mol. The molecule has 11 heavy (non-hydrogen) atoms. The van der Waals surface area contributed by atoms with E-state index in [1.54, 1.807) is 0 Å². The van der Waals surface area contributed by atoms with Crippen LogP contribution in [0.4, 0.5) is 0 Å². The zero-order valence-electron chi connectivity index (χ0n) is 7.17. The van der Waals surface area contributed by atoms with Gasteiger partial charge in [0, 0.05) is 0 Å². The fourth-order valence-electron chi connectivity index (χ4n) is 0.491. The molecule has 0 heterocycles. The molecule has 0 saturated carbocycles. The summed E-state index contributed by atoms with van der Waals surface area (Å²) in [4.78, 5) is 0. The van der Waals surface area contributed by atoms with Crippen molar-refractivity contribution in [1.29, 1.82) is 5.16 Å². The summed E-state index contributed by atoms with van der Waals surface area (Å²) in [7, 11) is -2.73. The van der Waals surface area contributed by atoms with Gasteiger partial charge in [-0.2, -0.15) is 0 Å². The number of nitrogens with one attached hydrogen (secondary N) is 1. The minimum absolute atomic E-state index is 0.511. The zero-order valence-corrected chi connectivity index (χ0v) is 8.06. The van der Waals surface area contributed by atoms with Crippen molar-refractivity contribution in [3.8, 4) is 0 Å². The molecule has 0 spiro atoms. The number of hydrogen-bond donors (Lipinski definition) is 2. The topological polar surface area (TPSA) is 68.3 Å². The van der Waals surface area contributed by atoms with Gasteiger partial charge in [-0.05, 0) is 12.8 Å². The number of nitrogens with two attached hydrogens (primary N) is 1. The highest BCUT2D eigenvalue weighted by atomic mass is 31.2. The second-order valence-corrected chi connectivity index (χ2v) is 3.97. The highest BCUT2D eigenvalue weighted by Gasteiger charge is 2.10. The van der Waals surface area contributed by atoms with E-state index in [4.69, 9.17) is 19.7 Å². The summed E-state index contributed by atoms with van der Waals surface area (Å²) in [6.45, 7) is 4.97. The van der Waals surface area contributed by atoms with E-state index >= 15 is 0 Å². The minimum atomic E-state index is -2.73. The van der Waals surface area contributed by atoms with Gasteiger partial charge in [-0.3, -0.25) is 10.7 Å². The van der Waals surface area contributed by atoms with Gasteiger partial charge in [-0.25, -0.2) is 0 Å². The van der Waals surface area contributed by atoms with Crippen molar-refractivity contribution in [1.82, 2.24) is 0 Å². The van der Waals surface area contributed by atoms with Gasteiger partial charge < -0.3 is 9.05 Å². The lowest BCUT2D eigenvalue weighted by molar-refractivity contribution is 0.237. The maximum absolute atomic E-state index is 7.38. The van der Waals surface area contributed by atoms with Gasteiger partial charge in [0.2, 0.25) is 0 Å². The minimum Gasteiger partial charge on any atom is -0.313 e. The maximum atomic E-state index is 7.38. The largest absolute Gasteiger partial charge is 0.313 e. The molecule has 4 nitrogen and oxygen atoms in total. The van der Waals surface area contributed by atoms with Gasteiger partial charge in [-0.15, -0.1) is 0 Å². The molecule has 3 N–H and O–H groups in total. The molecule has 0 bridgehead atoms. The lowest BCUT2D eigenvalue weighted by Crippen LogP contribution is -2.04. The molecule has 0 aliphatic rings. The summed E-state index contributed by atoms with van der Waals surface area (Å²) in [5, 5.41) is 7.38. The molecular weight excluding hydrogens is 163 g/mol. The van der Waals surface area contributed by atoms with Crippen LogP contribution in [0.1, 0.15) is 26.7 Å². The molecule has 0 fully saturated rings. The first-order valence-corrected chi connectivity index (χ1v) is 5.53. The Hall–Kier alpha value is 0.110. The molecule has 68 valence electrons. The van der Waals surface area contributed by atoms with Crippen molar-refractivity contribution in [2.24, 2.45) is 5.50 Å². The Bertz CT molecular complexity index is 129. The SMILES string of the molecule is CCCOP(=N)(N)OCCC. The van der Waals surface area contributed by atoms with E-state index in [0.717, 1.165) is 12.8 Å². The average Bonchev–Trinajstić information content (AvgIpc) is 1.97. The van der Waals surface area contributed by atoms with Gasteiger partial charge in [0.15, 0.2) is 0 Å². The molecule has 0 saturated heterocycles. The molecule has 0 unspecified atom stereocenters. The van der Waals surface area contributed by atoms with Gasteiger partial charge in [0.25, 0.3) is 7.66 Å². The third kappa shape index (κ3) is 6.51. The van der Waals surface area contributed by atoms with Crippen LogP contribution in [-0.4, -0.2) is 13.2 Å².